The molecule has 4 fully saturated rings. The maximum atomic E-state index is 11.2. The fraction of sp³-hybridized carbons (Fsp3) is 0.537. The molecule has 1 spiro atoms. The predicted molar refractivity (Wildman–Crippen MR) is 221 cm³/mol. The molecule has 0 atom stereocenters. The topological polar surface area (TPSA) is 94.6 Å². The van der Waals surface area contributed by atoms with Crippen molar-refractivity contribution in [1.29, 1.82) is 0 Å². The van der Waals surface area contributed by atoms with E-state index in [1.54, 1.807) is 0 Å². The molecule has 10 heteroatoms. The standard InChI is InChI=1S/C17H20N2O2.C15H16N2O.C4H8O.2C2H6.CH4.ClH.H2P/c1-2-4-14-12-18-16(11-13(14)3-1)19-15-5-7-17(8-6-15)20-9-10-21-17;18-14-7-5-13(6-8-14)17-15-9-11-3-1-2-4-12(11)10-16-15;1-2-4-5-3-1;2*1-2;;;/h1-4,11-12,15H,5-10H2,(H,18,19);1-4,9-10,13H,5-8H2,(H,16,17);1-4H2;2*1-2H3;1H4;1H;1H2/q;;;;;;;-1. The van der Waals surface area contributed by atoms with Crippen LogP contribution in [-0.2, 0) is 19.0 Å². The second-order valence-electron chi connectivity index (χ2n) is 12.1. The summed E-state index contributed by atoms with van der Waals surface area (Å²) in [5, 5.41) is 11.7. The molecule has 2 saturated heterocycles. The number of benzene rings is 2. The SMILES string of the molecule is C.C1CCOC1.CC.CC.Cl.O=C1CCC(Nc2cc3ccccc3cn2)CC1.[PH2-].c1ccc2cc(NC3CCC4(CC3)OCCO4)ncc2c1. The molecule has 8 rings (SSSR count). The third kappa shape index (κ3) is 14.6. The number of carbonyl (C=O) groups is 1. The minimum atomic E-state index is -0.283. The first-order valence-electron chi connectivity index (χ1n) is 18.2. The molecule has 4 heterocycles. The van der Waals surface area contributed by atoms with Crippen LogP contribution >= 0.6 is 22.3 Å². The highest BCUT2D eigenvalue weighted by atomic mass is 35.5. The Labute approximate surface area is 316 Å². The van der Waals surface area contributed by atoms with Gasteiger partial charge >= 0.3 is 0 Å². The molecule has 4 aliphatic rings. The molecule has 2 aromatic heterocycles. The zero-order valence-electron chi connectivity index (χ0n) is 30.5. The van der Waals surface area contributed by atoms with Gasteiger partial charge in [0.15, 0.2) is 5.79 Å². The predicted octanol–water partition coefficient (Wildman–Crippen LogP) is 10.7. The second-order valence-corrected chi connectivity index (χ2v) is 12.1. The monoisotopic (exact) mass is 741 g/mol. The van der Waals surface area contributed by atoms with Crippen molar-refractivity contribution in [2.75, 3.05) is 37.1 Å². The van der Waals surface area contributed by atoms with Crippen molar-refractivity contribution in [1.82, 2.24) is 9.97 Å². The van der Waals surface area contributed by atoms with Crippen LogP contribution in [0.4, 0.5) is 11.6 Å². The number of ketones is 1. The van der Waals surface area contributed by atoms with Gasteiger partial charge in [0.25, 0.3) is 0 Å². The summed E-state index contributed by atoms with van der Waals surface area (Å²) in [7, 11) is 0. The van der Waals surface area contributed by atoms with E-state index < -0.39 is 0 Å². The van der Waals surface area contributed by atoms with E-state index in [0.717, 1.165) is 82.0 Å². The van der Waals surface area contributed by atoms with Crippen LogP contribution in [-0.4, -0.2) is 60.0 Å². The summed E-state index contributed by atoms with van der Waals surface area (Å²) in [5.74, 6) is 1.98. The van der Waals surface area contributed by atoms with Gasteiger partial charge in [-0.05, 0) is 61.4 Å². The summed E-state index contributed by atoms with van der Waals surface area (Å²) < 4.78 is 16.5. The highest BCUT2D eigenvalue weighted by Gasteiger charge is 2.40. The number of carbonyl (C=O) groups excluding carboxylic acids is 1. The lowest BCUT2D eigenvalue weighted by Crippen LogP contribution is -2.39. The molecular weight excluding hydrogens is 679 g/mol. The molecule has 2 N–H and O–H groups in total. The van der Waals surface area contributed by atoms with Gasteiger partial charge < -0.3 is 34.7 Å². The van der Waals surface area contributed by atoms with Gasteiger partial charge in [0.2, 0.25) is 0 Å². The van der Waals surface area contributed by atoms with Crippen molar-refractivity contribution in [3.05, 3.63) is 73.1 Å². The Balaban J connectivity index is 0.000000397. The van der Waals surface area contributed by atoms with Crippen molar-refractivity contribution in [2.24, 2.45) is 0 Å². The number of pyridine rings is 2. The van der Waals surface area contributed by atoms with E-state index in [1.165, 1.54) is 29.0 Å². The van der Waals surface area contributed by atoms with Crippen LogP contribution in [0.1, 0.15) is 99.3 Å². The van der Waals surface area contributed by atoms with Crippen LogP contribution in [0, 0.1) is 0 Å². The molecule has 2 aliphatic carbocycles. The Morgan fingerprint density at radius 1 is 0.647 bits per heavy atom. The van der Waals surface area contributed by atoms with Gasteiger partial charge in [0.1, 0.15) is 17.4 Å². The number of hydrogen-bond donors (Lipinski definition) is 2. The number of nitrogens with zero attached hydrogens (tertiary/aromatic N) is 2. The number of rotatable bonds is 4. The van der Waals surface area contributed by atoms with Gasteiger partial charge in [-0.15, -0.1) is 12.4 Å². The van der Waals surface area contributed by atoms with Crippen LogP contribution < -0.4 is 10.6 Å². The molecule has 4 aromatic rings. The summed E-state index contributed by atoms with van der Waals surface area (Å²) in [6, 6.07) is 21.6. The maximum absolute atomic E-state index is 11.2. The molecular formula is C41H63ClN4O4P-. The van der Waals surface area contributed by atoms with Crippen LogP contribution in [0.5, 0.6) is 0 Å². The minimum Gasteiger partial charge on any atom is -0.577 e. The fourth-order valence-electron chi connectivity index (χ4n) is 6.33. The van der Waals surface area contributed by atoms with Crippen molar-refractivity contribution < 1.29 is 19.0 Å². The van der Waals surface area contributed by atoms with E-state index in [2.05, 4.69) is 63.1 Å². The average molecular weight is 742 g/mol. The second kappa shape index (κ2) is 25.2. The normalized spacial score (nSPS) is 17.6. The van der Waals surface area contributed by atoms with Crippen LogP contribution in [0.25, 0.3) is 21.5 Å². The first-order chi connectivity index (χ1) is 23.6. The van der Waals surface area contributed by atoms with Gasteiger partial charge in [-0.3, -0.25) is 4.79 Å². The quantitative estimate of drug-likeness (QED) is 0.200. The number of halogens is 1. The Kier molecular flexibility index (Phi) is 22.8. The summed E-state index contributed by atoms with van der Waals surface area (Å²) in [6.07, 6.45) is 13.7. The van der Waals surface area contributed by atoms with Crippen molar-refractivity contribution in [3.63, 3.8) is 0 Å². The third-order valence-electron chi connectivity index (χ3n) is 8.90. The number of anilines is 2. The van der Waals surface area contributed by atoms with Gasteiger partial charge in [-0.2, -0.15) is 0 Å². The molecule has 8 nitrogen and oxygen atoms in total. The highest BCUT2D eigenvalue weighted by molar-refractivity contribution is 6.92. The van der Waals surface area contributed by atoms with Gasteiger partial charge in [-0.1, -0.05) is 83.7 Å². The number of fused-ring (bicyclic) bond motifs is 2. The average Bonchev–Trinajstić information content (AvgIpc) is 3.89. The zero-order valence-corrected chi connectivity index (χ0v) is 32.5. The number of ether oxygens (including phenoxy) is 3. The summed E-state index contributed by atoms with van der Waals surface area (Å²) in [5.41, 5.74) is 0. The van der Waals surface area contributed by atoms with E-state index >= 15 is 0 Å². The summed E-state index contributed by atoms with van der Waals surface area (Å²) in [4.78, 5) is 20.1. The molecule has 0 unspecified atom stereocenters. The Bertz CT molecular complexity index is 1510. The summed E-state index contributed by atoms with van der Waals surface area (Å²) >= 11 is 0. The van der Waals surface area contributed by atoms with Crippen LogP contribution in [0.3, 0.4) is 0 Å². The van der Waals surface area contributed by atoms with E-state index in [1.807, 2.05) is 58.3 Å². The number of aromatic nitrogens is 2. The maximum Gasteiger partial charge on any atom is 0.168 e. The molecule has 51 heavy (non-hydrogen) atoms. The Morgan fingerprint density at radius 3 is 1.47 bits per heavy atom. The van der Waals surface area contributed by atoms with E-state index in [9.17, 15) is 4.79 Å². The van der Waals surface area contributed by atoms with E-state index in [-0.39, 0.29) is 35.5 Å². The third-order valence-corrected chi connectivity index (χ3v) is 8.90. The molecule has 2 saturated carbocycles. The molecule has 284 valence electrons. The molecule has 2 aliphatic heterocycles. The van der Waals surface area contributed by atoms with Gasteiger partial charge in [0.05, 0.1) is 13.2 Å². The number of nitrogens with one attached hydrogen (secondary N) is 2. The van der Waals surface area contributed by atoms with Gasteiger partial charge in [0, 0.05) is 74.1 Å². The highest BCUT2D eigenvalue weighted by Crippen LogP contribution is 2.36. The molecule has 0 amide bonds. The Morgan fingerprint density at radius 2 is 1.06 bits per heavy atom. The first kappa shape index (κ1) is 46.2. The first-order valence-corrected chi connectivity index (χ1v) is 18.2. The van der Waals surface area contributed by atoms with E-state index in [4.69, 9.17) is 14.2 Å². The molecule has 2 aromatic carbocycles. The van der Waals surface area contributed by atoms with Crippen molar-refractivity contribution >= 4 is 61.3 Å². The number of Topliss-reactive ketones (excluding diaryl/α,β-unsaturated/α-hetero) is 1. The van der Waals surface area contributed by atoms with E-state index in [0.29, 0.717) is 30.7 Å². The Hall–Kier alpha value is -2.87. The minimum absolute atomic E-state index is 0. The fourth-order valence-corrected chi connectivity index (χ4v) is 6.33. The van der Waals surface area contributed by atoms with Crippen LogP contribution in [0.2, 0.25) is 0 Å². The van der Waals surface area contributed by atoms with Crippen molar-refractivity contribution in [3.8, 4) is 0 Å². The summed E-state index contributed by atoms with van der Waals surface area (Å²) in [6.45, 7) is 11.5. The largest absolute Gasteiger partial charge is 0.577 e. The molecule has 0 radical (unpaired) electrons. The lowest BCUT2D eigenvalue weighted by molar-refractivity contribution is -0.177. The van der Waals surface area contributed by atoms with Gasteiger partial charge in [-0.25, -0.2) is 9.97 Å². The molecule has 0 bridgehead atoms. The smallest absolute Gasteiger partial charge is 0.168 e. The zero-order chi connectivity index (χ0) is 34.0. The van der Waals surface area contributed by atoms with Crippen LogP contribution in [0.15, 0.2) is 73.1 Å². The number of hydrogen-bond acceptors (Lipinski definition) is 8. The van der Waals surface area contributed by atoms with Crippen molar-refractivity contribution in [2.45, 2.75) is 117 Å². The lowest BCUT2D eigenvalue weighted by Gasteiger charge is -2.35. The lowest BCUT2D eigenvalue weighted by atomic mass is 9.90.